The fourth-order valence-corrected chi connectivity index (χ4v) is 2.84. The van der Waals surface area contributed by atoms with Gasteiger partial charge in [0.15, 0.2) is 0 Å². The summed E-state index contributed by atoms with van der Waals surface area (Å²) in [6.45, 7) is 3.20. The maximum absolute atomic E-state index is 12.1. The molecule has 2 fully saturated rings. The lowest BCUT2D eigenvalue weighted by atomic mass is 10.2. The van der Waals surface area contributed by atoms with Crippen LogP contribution in [0, 0.1) is 0 Å². The van der Waals surface area contributed by atoms with E-state index in [9.17, 15) is 14.4 Å². The van der Waals surface area contributed by atoms with Crippen molar-refractivity contribution in [3.05, 3.63) is 24.3 Å². The monoisotopic (exact) mass is 362 g/mol. The van der Waals surface area contributed by atoms with E-state index in [1.54, 1.807) is 29.2 Å². The van der Waals surface area contributed by atoms with Crippen LogP contribution in [-0.4, -0.2) is 50.6 Å². The number of esters is 1. The molecule has 0 spiro atoms. The Morgan fingerprint density at radius 1 is 1.19 bits per heavy atom. The van der Waals surface area contributed by atoms with Gasteiger partial charge in [0, 0.05) is 24.3 Å². The molecule has 26 heavy (non-hydrogen) atoms. The smallest absolute Gasteiger partial charge is 0.417 e. The first-order valence-corrected chi connectivity index (χ1v) is 8.74. The fraction of sp³-hybridized carbons (Fsp3) is 0.500. The van der Waals surface area contributed by atoms with Crippen LogP contribution in [0.25, 0.3) is 0 Å². The van der Waals surface area contributed by atoms with E-state index in [1.807, 2.05) is 6.92 Å². The van der Waals surface area contributed by atoms with Crippen LogP contribution in [-0.2, 0) is 23.8 Å². The van der Waals surface area contributed by atoms with E-state index < -0.39 is 12.4 Å². The second kappa shape index (κ2) is 8.18. The van der Waals surface area contributed by atoms with Crippen molar-refractivity contribution >= 4 is 29.3 Å². The zero-order valence-corrected chi connectivity index (χ0v) is 14.7. The molecule has 2 amide bonds. The predicted octanol–water partition coefficient (Wildman–Crippen LogP) is 2.07. The Bertz CT molecular complexity index is 675. The first-order chi connectivity index (χ1) is 12.6. The molecule has 140 valence electrons. The zero-order chi connectivity index (χ0) is 18.5. The minimum absolute atomic E-state index is 0.0747. The van der Waals surface area contributed by atoms with Gasteiger partial charge in [-0.15, -0.1) is 0 Å². The molecule has 0 unspecified atom stereocenters. The second-order valence-electron chi connectivity index (χ2n) is 6.13. The van der Waals surface area contributed by atoms with Crippen LogP contribution in [0.3, 0.4) is 0 Å². The molecular weight excluding hydrogens is 340 g/mol. The molecule has 0 radical (unpaired) electrons. The van der Waals surface area contributed by atoms with Crippen LogP contribution in [0.4, 0.5) is 16.2 Å². The highest BCUT2D eigenvalue weighted by Gasteiger charge is 2.35. The summed E-state index contributed by atoms with van der Waals surface area (Å²) in [6.07, 6.45) is 0.488. The summed E-state index contributed by atoms with van der Waals surface area (Å²) in [5, 5.41) is 0. The Morgan fingerprint density at radius 3 is 2.54 bits per heavy atom. The van der Waals surface area contributed by atoms with Crippen LogP contribution < -0.4 is 9.80 Å². The number of nitrogens with zero attached hydrogens (tertiary/aromatic N) is 2. The molecule has 8 nitrogen and oxygen atoms in total. The van der Waals surface area contributed by atoms with E-state index >= 15 is 0 Å². The lowest BCUT2D eigenvalue weighted by molar-refractivity contribution is -0.162. The predicted molar refractivity (Wildman–Crippen MR) is 92.8 cm³/mol. The number of carbonyl (C=O) groups is 3. The van der Waals surface area contributed by atoms with Gasteiger partial charge in [-0.25, -0.2) is 4.79 Å². The maximum atomic E-state index is 12.1. The third kappa shape index (κ3) is 4.13. The Hall–Kier alpha value is -2.61. The van der Waals surface area contributed by atoms with Crippen LogP contribution in [0.1, 0.15) is 26.2 Å². The summed E-state index contributed by atoms with van der Waals surface area (Å²) in [5.41, 5.74) is 1.36. The molecule has 2 heterocycles. The number of hydrogen-bond donors (Lipinski definition) is 0. The fourth-order valence-electron chi connectivity index (χ4n) is 2.84. The molecule has 2 saturated heterocycles. The molecule has 2 aliphatic heterocycles. The first-order valence-electron chi connectivity index (χ1n) is 8.74. The lowest BCUT2D eigenvalue weighted by Gasteiger charge is -2.27. The minimum Gasteiger partial charge on any atom is -0.423 e. The topological polar surface area (TPSA) is 85.4 Å². The Balaban J connectivity index is 1.61. The van der Waals surface area contributed by atoms with Crippen molar-refractivity contribution in [1.29, 1.82) is 0 Å². The zero-order valence-electron chi connectivity index (χ0n) is 14.7. The minimum atomic E-state index is -0.896. The molecule has 1 aromatic carbocycles. The van der Waals surface area contributed by atoms with E-state index in [0.717, 1.165) is 18.5 Å². The highest BCUT2D eigenvalue weighted by Crippen LogP contribution is 2.26. The summed E-state index contributed by atoms with van der Waals surface area (Å²) in [5.74, 6) is -0.462. The average molecular weight is 362 g/mol. The molecular formula is C18H22N2O6. The largest absolute Gasteiger partial charge is 0.423 e. The van der Waals surface area contributed by atoms with Gasteiger partial charge in [0.2, 0.25) is 0 Å². The van der Waals surface area contributed by atoms with Gasteiger partial charge < -0.3 is 19.1 Å². The highest BCUT2D eigenvalue weighted by molar-refractivity contribution is 5.95. The van der Waals surface area contributed by atoms with Crippen molar-refractivity contribution < 1.29 is 28.6 Å². The molecule has 2 aliphatic rings. The quantitative estimate of drug-likeness (QED) is 0.720. The molecule has 1 atom stereocenters. The van der Waals surface area contributed by atoms with E-state index in [2.05, 4.69) is 0 Å². The normalized spacial score (nSPS) is 20.3. The lowest BCUT2D eigenvalue weighted by Crippen LogP contribution is -2.41. The molecule has 0 N–H and O–H groups in total. The van der Waals surface area contributed by atoms with Gasteiger partial charge in [-0.2, -0.15) is 0 Å². The molecule has 0 aromatic heterocycles. The van der Waals surface area contributed by atoms with Gasteiger partial charge in [0.05, 0.1) is 6.61 Å². The Morgan fingerprint density at radius 2 is 1.88 bits per heavy atom. The van der Waals surface area contributed by atoms with Crippen LogP contribution in [0.2, 0.25) is 0 Å². The van der Waals surface area contributed by atoms with Gasteiger partial charge in [-0.1, -0.05) is 13.3 Å². The van der Waals surface area contributed by atoms with Crippen molar-refractivity contribution in [1.82, 2.24) is 0 Å². The van der Waals surface area contributed by atoms with E-state index in [1.165, 1.54) is 4.90 Å². The third-order valence-corrected chi connectivity index (χ3v) is 4.24. The van der Waals surface area contributed by atoms with Crippen LogP contribution in [0.15, 0.2) is 24.3 Å². The Kier molecular flexibility index (Phi) is 5.72. The van der Waals surface area contributed by atoms with Gasteiger partial charge in [0.1, 0.15) is 13.2 Å². The van der Waals surface area contributed by atoms with Crippen molar-refractivity contribution in [2.75, 3.05) is 36.1 Å². The molecule has 8 heteroatoms. The third-order valence-electron chi connectivity index (χ3n) is 4.24. The number of ether oxygens (including phenoxy) is 3. The first kappa shape index (κ1) is 18.2. The molecule has 0 aliphatic carbocycles. The summed E-state index contributed by atoms with van der Waals surface area (Å²) in [4.78, 5) is 38.7. The number of amides is 2. The number of unbranched alkanes of at least 4 members (excludes halogenated alkanes) is 1. The number of anilines is 2. The van der Waals surface area contributed by atoms with Gasteiger partial charge in [-0.05, 0) is 30.7 Å². The van der Waals surface area contributed by atoms with Crippen LogP contribution >= 0.6 is 0 Å². The number of hydrogen-bond acceptors (Lipinski definition) is 6. The maximum Gasteiger partial charge on any atom is 0.417 e. The summed E-state index contributed by atoms with van der Waals surface area (Å²) >= 11 is 0. The van der Waals surface area contributed by atoms with Crippen molar-refractivity contribution in [3.8, 4) is 0 Å². The molecule has 1 aromatic rings. The van der Waals surface area contributed by atoms with Crippen molar-refractivity contribution in [3.63, 3.8) is 0 Å². The summed E-state index contributed by atoms with van der Waals surface area (Å²) in [7, 11) is 0. The number of rotatable bonds is 6. The van der Waals surface area contributed by atoms with Crippen molar-refractivity contribution in [2.24, 2.45) is 0 Å². The molecule has 3 rings (SSSR count). The van der Waals surface area contributed by atoms with E-state index in [-0.39, 0.29) is 25.0 Å². The van der Waals surface area contributed by atoms with Gasteiger partial charge >= 0.3 is 12.1 Å². The standard InChI is InChI=1S/C18H22N2O6/c1-2-3-4-16(22)25-17-11-20(18(23)26-17)14-7-5-13(6-8-14)19-9-10-24-12-15(19)21/h5-8,17H,2-4,9-12H2,1H3/t17-/m1/s1. The molecule has 0 saturated carbocycles. The number of cyclic esters (lactones) is 1. The van der Waals surface area contributed by atoms with Gasteiger partial charge in [0.25, 0.3) is 12.2 Å². The Labute approximate surface area is 151 Å². The summed E-state index contributed by atoms with van der Waals surface area (Å²) < 4.78 is 15.4. The summed E-state index contributed by atoms with van der Waals surface area (Å²) in [6, 6.07) is 7.01. The number of morpholine rings is 1. The highest BCUT2D eigenvalue weighted by atomic mass is 16.7. The van der Waals surface area contributed by atoms with Gasteiger partial charge in [-0.3, -0.25) is 14.5 Å². The van der Waals surface area contributed by atoms with E-state index in [4.69, 9.17) is 14.2 Å². The van der Waals surface area contributed by atoms with Crippen LogP contribution in [0.5, 0.6) is 0 Å². The number of carbonyl (C=O) groups excluding carboxylic acids is 3. The number of benzene rings is 1. The van der Waals surface area contributed by atoms with E-state index in [0.29, 0.717) is 25.3 Å². The SMILES string of the molecule is CCCCC(=O)O[C@H]1CN(c2ccc(N3CCOCC3=O)cc2)C(=O)O1. The van der Waals surface area contributed by atoms with Crippen molar-refractivity contribution in [2.45, 2.75) is 32.5 Å². The average Bonchev–Trinajstić information content (AvgIpc) is 3.00. The second-order valence-corrected chi connectivity index (χ2v) is 6.13. The molecule has 0 bridgehead atoms.